The number of likely N-dealkylation sites (tertiary alicyclic amines) is 1. The second-order valence-corrected chi connectivity index (χ2v) is 5.55. The Morgan fingerprint density at radius 1 is 1.33 bits per heavy atom. The first-order chi connectivity index (χ1) is 8.41. The number of rotatable bonds is 5. The van der Waals surface area contributed by atoms with Crippen molar-refractivity contribution in [3.63, 3.8) is 0 Å². The molecule has 1 aliphatic rings. The quantitative estimate of drug-likeness (QED) is 0.714. The molecular weight excluding hydrogens is 232 g/mol. The summed E-state index contributed by atoms with van der Waals surface area (Å²) in [5.74, 6) is -2.02. The van der Waals surface area contributed by atoms with Gasteiger partial charge in [0.2, 0.25) is 5.91 Å². The van der Waals surface area contributed by atoms with Crippen LogP contribution in [0.15, 0.2) is 0 Å². The molecule has 0 radical (unpaired) electrons. The molecule has 1 amide bonds. The summed E-state index contributed by atoms with van der Waals surface area (Å²) in [5, 5.41) is 11.8. The molecule has 0 aromatic rings. The van der Waals surface area contributed by atoms with Gasteiger partial charge < -0.3 is 15.3 Å². The molecular formula is C13H24N2O3. The van der Waals surface area contributed by atoms with Gasteiger partial charge in [-0.3, -0.25) is 9.59 Å². The van der Waals surface area contributed by atoms with E-state index in [9.17, 15) is 9.59 Å². The minimum atomic E-state index is -1.04. The van der Waals surface area contributed by atoms with Crippen LogP contribution in [0, 0.1) is 17.8 Å². The van der Waals surface area contributed by atoms with Crippen LogP contribution in [0.5, 0.6) is 0 Å². The minimum Gasteiger partial charge on any atom is -0.481 e. The topological polar surface area (TPSA) is 69.6 Å². The Kier molecular flexibility index (Phi) is 5.59. The van der Waals surface area contributed by atoms with Gasteiger partial charge in [0.1, 0.15) is 5.92 Å². The number of carboxylic acid groups (broad SMARTS) is 1. The molecule has 5 heteroatoms. The van der Waals surface area contributed by atoms with Gasteiger partial charge in [-0.2, -0.15) is 0 Å². The maximum atomic E-state index is 11.8. The zero-order valence-corrected chi connectivity index (χ0v) is 11.5. The molecule has 18 heavy (non-hydrogen) atoms. The molecule has 0 aliphatic carbocycles. The number of aliphatic carboxylic acids is 1. The van der Waals surface area contributed by atoms with Gasteiger partial charge in [-0.05, 0) is 44.8 Å². The van der Waals surface area contributed by atoms with E-state index in [1.165, 1.54) is 0 Å². The highest BCUT2D eigenvalue weighted by molar-refractivity contribution is 5.97. The van der Waals surface area contributed by atoms with E-state index < -0.39 is 11.9 Å². The van der Waals surface area contributed by atoms with Crippen molar-refractivity contribution in [2.24, 2.45) is 17.8 Å². The van der Waals surface area contributed by atoms with Crippen LogP contribution < -0.4 is 5.32 Å². The van der Waals surface area contributed by atoms with Crippen LogP contribution >= 0.6 is 0 Å². The highest BCUT2D eigenvalue weighted by atomic mass is 16.4. The number of hydrogen-bond donors (Lipinski definition) is 2. The van der Waals surface area contributed by atoms with Gasteiger partial charge in [0, 0.05) is 6.54 Å². The van der Waals surface area contributed by atoms with E-state index in [0.717, 1.165) is 25.9 Å². The lowest BCUT2D eigenvalue weighted by Gasteiger charge is -2.29. The summed E-state index contributed by atoms with van der Waals surface area (Å²) in [7, 11) is 2.09. The third-order valence-electron chi connectivity index (χ3n) is 3.62. The van der Waals surface area contributed by atoms with Crippen molar-refractivity contribution < 1.29 is 14.7 Å². The maximum absolute atomic E-state index is 11.8. The smallest absolute Gasteiger partial charge is 0.316 e. The number of carbonyl (C=O) groups excluding carboxylic acids is 1. The Hall–Kier alpha value is -1.10. The molecule has 0 spiro atoms. The SMILES string of the molecule is CC(C)C(C(=O)O)C(=O)NCC1CCN(C)CC1. The Morgan fingerprint density at radius 3 is 2.33 bits per heavy atom. The zero-order valence-electron chi connectivity index (χ0n) is 11.5. The van der Waals surface area contributed by atoms with Crippen molar-refractivity contribution in [2.75, 3.05) is 26.7 Å². The summed E-state index contributed by atoms with van der Waals surface area (Å²) >= 11 is 0. The summed E-state index contributed by atoms with van der Waals surface area (Å²) in [6.07, 6.45) is 2.13. The largest absolute Gasteiger partial charge is 0.481 e. The van der Waals surface area contributed by atoms with Crippen LogP contribution in [0.25, 0.3) is 0 Å². The second-order valence-electron chi connectivity index (χ2n) is 5.55. The predicted octanol–water partition coefficient (Wildman–Crippen LogP) is 0.801. The van der Waals surface area contributed by atoms with Gasteiger partial charge in [-0.25, -0.2) is 0 Å². The fraction of sp³-hybridized carbons (Fsp3) is 0.846. The van der Waals surface area contributed by atoms with E-state index in [-0.39, 0.29) is 11.8 Å². The van der Waals surface area contributed by atoms with E-state index in [0.29, 0.717) is 12.5 Å². The third-order valence-corrected chi connectivity index (χ3v) is 3.62. The summed E-state index contributed by atoms with van der Waals surface area (Å²) in [6.45, 7) is 6.21. The van der Waals surface area contributed by atoms with Crippen LogP contribution in [-0.2, 0) is 9.59 Å². The molecule has 1 atom stereocenters. The average molecular weight is 256 g/mol. The number of amides is 1. The molecule has 0 aromatic carbocycles. The second kappa shape index (κ2) is 6.73. The molecule has 1 unspecified atom stereocenters. The molecule has 0 aromatic heterocycles. The summed E-state index contributed by atoms with van der Waals surface area (Å²) in [5.41, 5.74) is 0. The number of hydrogen-bond acceptors (Lipinski definition) is 3. The van der Waals surface area contributed by atoms with Crippen LogP contribution in [0.1, 0.15) is 26.7 Å². The summed E-state index contributed by atoms with van der Waals surface area (Å²) < 4.78 is 0. The standard InChI is InChI=1S/C13H24N2O3/c1-9(2)11(13(17)18)12(16)14-8-10-4-6-15(3)7-5-10/h9-11H,4-8H2,1-3H3,(H,14,16)(H,17,18). The Balaban J connectivity index is 2.38. The lowest BCUT2D eigenvalue weighted by atomic mass is 9.93. The van der Waals surface area contributed by atoms with Gasteiger partial charge in [-0.15, -0.1) is 0 Å². The van der Waals surface area contributed by atoms with Crippen molar-refractivity contribution in [1.29, 1.82) is 0 Å². The Bertz CT molecular complexity index is 297. The van der Waals surface area contributed by atoms with Crippen molar-refractivity contribution >= 4 is 11.9 Å². The van der Waals surface area contributed by atoms with E-state index in [1.807, 2.05) is 0 Å². The van der Waals surface area contributed by atoms with Gasteiger partial charge in [0.15, 0.2) is 0 Å². The molecule has 0 bridgehead atoms. The van der Waals surface area contributed by atoms with Gasteiger partial charge in [0.25, 0.3) is 0 Å². The highest BCUT2D eigenvalue weighted by Gasteiger charge is 2.29. The van der Waals surface area contributed by atoms with Crippen molar-refractivity contribution in [3.8, 4) is 0 Å². The number of piperidine rings is 1. The lowest BCUT2D eigenvalue weighted by Crippen LogP contribution is -2.42. The third kappa shape index (κ3) is 4.29. The normalized spacial score (nSPS) is 19.8. The monoisotopic (exact) mass is 256 g/mol. The maximum Gasteiger partial charge on any atom is 0.316 e. The van der Waals surface area contributed by atoms with E-state index >= 15 is 0 Å². The van der Waals surface area contributed by atoms with Crippen LogP contribution in [0.4, 0.5) is 0 Å². The first kappa shape index (κ1) is 15.0. The van der Waals surface area contributed by atoms with Crippen molar-refractivity contribution in [1.82, 2.24) is 10.2 Å². The molecule has 1 heterocycles. The van der Waals surface area contributed by atoms with Gasteiger partial charge in [0.05, 0.1) is 0 Å². The van der Waals surface area contributed by atoms with E-state index in [4.69, 9.17) is 5.11 Å². The molecule has 1 rings (SSSR count). The van der Waals surface area contributed by atoms with Crippen molar-refractivity contribution in [3.05, 3.63) is 0 Å². The Morgan fingerprint density at radius 2 is 1.89 bits per heavy atom. The first-order valence-electron chi connectivity index (χ1n) is 6.61. The molecule has 0 saturated carbocycles. The van der Waals surface area contributed by atoms with Crippen LogP contribution in [-0.4, -0.2) is 48.6 Å². The summed E-state index contributed by atoms with van der Waals surface area (Å²) in [6, 6.07) is 0. The fourth-order valence-corrected chi connectivity index (χ4v) is 2.32. The molecule has 2 N–H and O–H groups in total. The van der Waals surface area contributed by atoms with E-state index in [2.05, 4.69) is 17.3 Å². The first-order valence-corrected chi connectivity index (χ1v) is 6.61. The molecule has 1 fully saturated rings. The molecule has 1 aliphatic heterocycles. The number of nitrogens with zero attached hydrogens (tertiary/aromatic N) is 1. The lowest BCUT2D eigenvalue weighted by molar-refractivity contribution is -0.148. The van der Waals surface area contributed by atoms with Crippen molar-refractivity contribution in [2.45, 2.75) is 26.7 Å². The minimum absolute atomic E-state index is 0.181. The Labute approximate surface area is 109 Å². The summed E-state index contributed by atoms with van der Waals surface area (Å²) in [4.78, 5) is 25.1. The molecule has 104 valence electrons. The van der Waals surface area contributed by atoms with Crippen LogP contribution in [0.3, 0.4) is 0 Å². The molecule has 5 nitrogen and oxygen atoms in total. The van der Waals surface area contributed by atoms with Gasteiger partial charge >= 0.3 is 5.97 Å². The van der Waals surface area contributed by atoms with Gasteiger partial charge in [-0.1, -0.05) is 13.8 Å². The van der Waals surface area contributed by atoms with E-state index in [1.54, 1.807) is 13.8 Å². The zero-order chi connectivity index (χ0) is 13.7. The highest BCUT2D eigenvalue weighted by Crippen LogP contribution is 2.16. The number of nitrogens with one attached hydrogen (secondary N) is 1. The predicted molar refractivity (Wildman–Crippen MR) is 69.2 cm³/mol. The number of carboxylic acids is 1. The van der Waals surface area contributed by atoms with Crippen LogP contribution in [0.2, 0.25) is 0 Å². The average Bonchev–Trinajstić information content (AvgIpc) is 2.27. The fourth-order valence-electron chi connectivity index (χ4n) is 2.32. The molecule has 1 saturated heterocycles. The number of carbonyl (C=O) groups is 2.